The summed E-state index contributed by atoms with van der Waals surface area (Å²) in [5.41, 5.74) is 0.733. The lowest BCUT2D eigenvalue weighted by molar-refractivity contribution is -0.123. The fourth-order valence-corrected chi connectivity index (χ4v) is 2.77. The third kappa shape index (κ3) is 3.65. The highest BCUT2D eigenvalue weighted by molar-refractivity contribution is 5.91. The second-order valence-corrected chi connectivity index (χ2v) is 5.74. The molecule has 1 aromatic rings. The lowest BCUT2D eigenvalue weighted by Gasteiger charge is -2.35. The maximum absolute atomic E-state index is 14.0. The van der Waals surface area contributed by atoms with Crippen molar-refractivity contribution in [2.24, 2.45) is 0 Å². The van der Waals surface area contributed by atoms with Crippen molar-refractivity contribution in [2.45, 2.75) is 32.2 Å². The van der Waals surface area contributed by atoms with Gasteiger partial charge in [0.25, 0.3) is 0 Å². The van der Waals surface area contributed by atoms with Gasteiger partial charge in [0.2, 0.25) is 5.91 Å². The van der Waals surface area contributed by atoms with Gasteiger partial charge in [0.15, 0.2) is 18.8 Å². The van der Waals surface area contributed by atoms with E-state index in [9.17, 15) is 18.4 Å². The van der Waals surface area contributed by atoms with Gasteiger partial charge in [0, 0.05) is 17.8 Å². The molecule has 0 aromatic heterocycles. The van der Waals surface area contributed by atoms with Crippen LogP contribution in [-0.4, -0.2) is 50.6 Å². The third-order valence-electron chi connectivity index (χ3n) is 4.01. The van der Waals surface area contributed by atoms with E-state index < -0.39 is 24.9 Å². The van der Waals surface area contributed by atoms with E-state index in [1.807, 2.05) is 0 Å². The Morgan fingerprint density at radius 1 is 1.28 bits per heavy atom. The average Bonchev–Trinajstić information content (AvgIpc) is 2.95. The molecular formula is C16H19F2N3O4. The van der Waals surface area contributed by atoms with Crippen LogP contribution in [0.5, 0.6) is 0 Å². The van der Waals surface area contributed by atoms with E-state index in [2.05, 4.69) is 5.32 Å². The number of carbonyl (C=O) groups excluding carboxylic acids is 2. The Kier molecular flexibility index (Phi) is 5.03. The van der Waals surface area contributed by atoms with E-state index in [0.717, 1.165) is 4.90 Å². The van der Waals surface area contributed by atoms with Gasteiger partial charge in [-0.05, 0) is 18.2 Å². The zero-order valence-corrected chi connectivity index (χ0v) is 13.7. The van der Waals surface area contributed by atoms with Gasteiger partial charge in [-0.1, -0.05) is 13.0 Å². The summed E-state index contributed by atoms with van der Waals surface area (Å²) < 4.78 is 38.0. The zero-order chi connectivity index (χ0) is 18.0. The predicted octanol–water partition coefficient (Wildman–Crippen LogP) is 1.92. The molecule has 0 spiro atoms. The third-order valence-corrected chi connectivity index (χ3v) is 4.01. The number of amides is 2. The number of alkyl halides is 2. The molecule has 2 aliphatic heterocycles. The van der Waals surface area contributed by atoms with Crippen molar-refractivity contribution in [1.29, 1.82) is 0 Å². The quantitative estimate of drug-likeness (QED) is 0.836. The summed E-state index contributed by atoms with van der Waals surface area (Å²) in [5, 5.41) is 2.58. The number of ether oxygens (including phenoxy) is 2. The molecule has 3 unspecified atom stereocenters. The van der Waals surface area contributed by atoms with Gasteiger partial charge in [-0.2, -0.15) is 0 Å². The van der Waals surface area contributed by atoms with Crippen molar-refractivity contribution < 1.29 is 27.8 Å². The molecular weight excluding hydrogens is 336 g/mol. The van der Waals surface area contributed by atoms with Gasteiger partial charge in [0.05, 0.1) is 19.8 Å². The highest BCUT2D eigenvalue weighted by atomic mass is 19.2. The van der Waals surface area contributed by atoms with Crippen LogP contribution in [0.3, 0.4) is 0 Å². The SMILES string of the molecule is CCC(=O)NC1CN(c2cccc(N3C(F)COCC3F)c2)C(=O)O1. The number of rotatable bonds is 4. The van der Waals surface area contributed by atoms with E-state index in [0.29, 0.717) is 11.4 Å². The zero-order valence-electron chi connectivity index (χ0n) is 13.7. The highest BCUT2D eigenvalue weighted by Gasteiger charge is 2.35. The molecule has 25 heavy (non-hydrogen) atoms. The smallest absolute Gasteiger partial charge is 0.416 e. The first-order valence-electron chi connectivity index (χ1n) is 8.01. The number of cyclic esters (lactones) is 1. The highest BCUT2D eigenvalue weighted by Crippen LogP contribution is 2.30. The van der Waals surface area contributed by atoms with Crippen LogP contribution in [0.25, 0.3) is 0 Å². The lowest BCUT2D eigenvalue weighted by Crippen LogP contribution is -2.48. The fourth-order valence-electron chi connectivity index (χ4n) is 2.77. The molecule has 2 saturated heterocycles. The molecule has 136 valence electrons. The summed E-state index contributed by atoms with van der Waals surface area (Å²) in [6, 6.07) is 6.31. The first-order chi connectivity index (χ1) is 12.0. The van der Waals surface area contributed by atoms with Crippen LogP contribution in [0.4, 0.5) is 25.0 Å². The summed E-state index contributed by atoms with van der Waals surface area (Å²) in [7, 11) is 0. The minimum absolute atomic E-state index is 0.120. The Labute approximate surface area is 143 Å². The van der Waals surface area contributed by atoms with Crippen LogP contribution < -0.4 is 15.1 Å². The number of anilines is 2. The monoisotopic (exact) mass is 355 g/mol. The second kappa shape index (κ2) is 7.22. The van der Waals surface area contributed by atoms with E-state index in [-0.39, 0.29) is 32.1 Å². The number of nitrogens with zero attached hydrogens (tertiary/aromatic N) is 2. The van der Waals surface area contributed by atoms with Crippen molar-refractivity contribution >= 4 is 23.4 Å². The molecule has 0 aliphatic carbocycles. The maximum atomic E-state index is 14.0. The first-order valence-corrected chi connectivity index (χ1v) is 8.01. The summed E-state index contributed by atoms with van der Waals surface area (Å²) in [4.78, 5) is 25.8. The largest absolute Gasteiger partial charge is 0.423 e. The van der Waals surface area contributed by atoms with Crippen molar-refractivity contribution in [3.8, 4) is 0 Å². The molecule has 0 radical (unpaired) electrons. The second-order valence-electron chi connectivity index (χ2n) is 5.74. The molecule has 3 atom stereocenters. The molecule has 7 nitrogen and oxygen atoms in total. The number of carbonyl (C=O) groups is 2. The van der Waals surface area contributed by atoms with E-state index in [1.165, 1.54) is 11.0 Å². The fraction of sp³-hybridized carbons (Fsp3) is 0.500. The van der Waals surface area contributed by atoms with Crippen molar-refractivity contribution in [2.75, 3.05) is 29.6 Å². The Morgan fingerprint density at radius 2 is 1.96 bits per heavy atom. The number of benzene rings is 1. The van der Waals surface area contributed by atoms with E-state index in [1.54, 1.807) is 25.1 Å². The standard InChI is InChI=1S/C16H19F2N3O4/c1-2-14(22)19-15-7-20(16(23)25-15)10-4-3-5-11(6-10)21-12(17)8-24-9-13(21)18/h3-6,12-13,15H,2,7-9H2,1H3,(H,19,22). The molecule has 0 saturated carbocycles. The van der Waals surface area contributed by atoms with Gasteiger partial charge in [-0.25, -0.2) is 13.6 Å². The van der Waals surface area contributed by atoms with Crippen LogP contribution in [0.2, 0.25) is 0 Å². The molecule has 3 rings (SSSR count). The topological polar surface area (TPSA) is 71.1 Å². The number of morpholine rings is 1. The minimum atomic E-state index is -1.61. The first kappa shape index (κ1) is 17.4. The van der Waals surface area contributed by atoms with Crippen molar-refractivity contribution in [3.63, 3.8) is 0 Å². The number of hydrogen-bond donors (Lipinski definition) is 1. The van der Waals surface area contributed by atoms with Gasteiger partial charge in [-0.15, -0.1) is 0 Å². The van der Waals surface area contributed by atoms with Gasteiger partial charge >= 0.3 is 6.09 Å². The number of nitrogens with one attached hydrogen (secondary N) is 1. The van der Waals surface area contributed by atoms with Crippen molar-refractivity contribution in [1.82, 2.24) is 5.32 Å². The number of hydrogen-bond acceptors (Lipinski definition) is 5. The molecule has 2 heterocycles. The van der Waals surface area contributed by atoms with Crippen LogP contribution in [0.1, 0.15) is 13.3 Å². The minimum Gasteiger partial charge on any atom is -0.423 e. The molecule has 0 bridgehead atoms. The van der Waals surface area contributed by atoms with Gasteiger partial charge < -0.3 is 19.7 Å². The van der Waals surface area contributed by atoms with Crippen LogP contribution in [0, 0.1) is 0 Å². The Balaban J connectivity index is 1.77. The lowest BCUT2D eigenvalue weighted by atomic mass is 10.2. The molecule has 2 amide bonds. The summed E-state index contributed by atoms with van der Waals surface area (Å²) in [6.07, 6.45) is -4.33. The Bertz CT molecular complexity index is 650. The average molecular weight is 355 g/mol. The van der Waals surface area contributed by atoms with Gasteiger partial charge in [0.1, 0.15) is 0 Å². The summed E-state index contributed by atoms with van der Waals surface area (Å²) >= 11 is 0. The summed E-state index contributed by atoms with van der Waals surface area (Å²) in [5.74, 6) is -0.234. The predicted molar refractivity (Wildman–Crippen MR) is 85.6 cm³/mol. The molecule has 1 N–H and O–H groups in total. The summed E-state index contributed by atoms with van der Waals surface area (Å²) in [6.45, 7) is 1.37. The van der Waals surface area contributed by atoms with Crippen LogP contribution in [0.15, 0.2) is 24.3 Å². The number of halogens is 2. The van der Waals surface area contributed by atoms with Crippen LogP contribution >= 0.6 is 0 Å². The molecule has 2 aliphatic rings. The Morgan fingerprint density at radius 3 is 2.64 bits per heavy atom. The molecule has 9 heteroatoms. The van der Waals surface area contributed by atoms with E-state index >= 15 is 0 Å². The maximum Gasteiger partial charge on any atom is 0.416 e. The van der Waals surface area contributed by atoms with Crippen LogP contribution in [-0.2, 0) is 14.3 Å². The molecule has 2 fully saturated rings. The van der Waals surface area contributed by atoms with E-state index in [4.69, 9.17) is 9.47 Å². The van der Waals surface area contributed by atoms with Gasteiger partial charge in [-0.3, -0.25) is 9.69 Å². The molecule has 1 aromatic carbocycles. The van der Waals surface area contributed by atoms with Crippen molar-refractivity contribution in [3.05, 3.63) is 24.3 Å². The normalized spacial score (nSPS) is 26.5. The Hall–Kier alpha value is -2.42.